The lowest BCUT2D eigenvalue weighted by Crippen LogP contribution is -2.31. The highest BCUT2D eigenvalue weighted by molar-refractivity contribution is 7.99. The molecule has 1 aliphatic carbocycles. The number of hydrogen-bond donors (Lipinski definition) is 1. The van der Waals surface area contributed by atoms with Crippen molar-refractivity contribution in [2.24, 2.45) is 0 Å². The zero-order chi connectivity index (χ0) is 18.3. The predicted octanol–water partition coefficient (Wildman–Crippen LogP) is 5.11. The number of aromatic nitrogens is 3. The molecular weight excluding hydrogens is 391 g/mol. The number of hydrogen-bond acceptors (Lipinski definition) is 5. The summed E-state index contributed by atoms with van der Waals surface area (Å²) in [5.41, 5.74) is 2.49. The SMILES string of the molecule is CCCSc1nc2n(n1)C(c1ccc(Cl)cc1Cl)C1=C(CCCC1=O)N2. The van der Waals surface area contributed by atoms with Crippen LogP contribution >= 0.6 is 35.0 Å². The average Bonchev–Trinajstić information content (AvgIpc) is 3.01. The number of nitrogens with one attached hydrogen (secondary N) is 1. The molecule has 0 radical (unpaired) electrons. The summed E-state index contributed by atoms with van der Waals surface area (Å²) in [5.74, 6) is 1.74. The summed E-state index contributed by atoms with van der Waals surface area (Å²) in [6, 6.07) is 5.00. The minimum atomic E-state index is -0.373. The molecule has 1 unspecified atom stereocenters. The molecule has 0 bridgehead atoms. The van der Waals surface area contributed by atoms with Crippen LogP contribution in [0.5, 0.6) is 0 Å². The summed E-state index contributed by atoms with van der Waals surface area (Å²) in [6.07, 6.45) is 3.26. The zero-order valence-electron chi connectivity index (χ0n) is 14.3. The van der Waals surface area contributed by atoms with Crippen LogP contribution in [0, 0.1) is 0 Å². The van der Waals surface area contributed by atoms with Gasteiger partial charge >= 0.3 is 0 Å². The van der Waals surface area contributed by atoms with Gasteiger partial charge in [-0.25, -0.2) is 4.68 Å². The van der Waals surface area contributed by atoms with Gasteiger partial charge in [0.05, 0.1) is 0 Å². The summed E-state index contributed by atoms with van der Waals surface area (Å²) < 4.78 is 1.79. The number of Topliss-reactive ketones (excluding diaryl/α,β-unsaturated/α-hetero) is 1. The van der Waals surface area contributed by atoms with Crippen molar-refractivity contribution < 1.29 is 4.79 Å². The number of allylic oxidation sites excluding steroid dienone is 2. The van der Waals surface area contributed by atoms with Crippen LogP contribution in [-0.2, 0) is 4.79 Å². The highest BCUT2D eigenvalue weighted by atomic mass is 35.5. The van der Waals surface area contributed by atoms with Crippen molar-refractivity contribution in [2.45, 2.75) is 43.8 Å². The Morgan fingerprint density at radius 3 is 2.96 bits per heavy atom. The monoisotopic (exact) mass is 408 g/mol. The molecule has 1 N–H and O–H groups in total. The Balaban J connectivity index is 1.86. The zero-order valence-corrected chi connectivity index (χ0v) is 16.6. The lowest BCUT2D eigenvalue weighted by molar-refractivity contribution is -0.116. The van der Waals surface area contributed by atoms with Gasteiger partial charge in [-0.15, -0.1) is 5.10 Å². The van der Waals surface area contributed by atoms with Gasteiger partial charge in [0, 0.05) is 39.1 Å². The standard InChI is InChI=1S/C18H18Cl2N4OS/c1-2-8-26-18-22-17-21-13-4-3-5-14(25)15(13)16(24(17)23-18)11-7-6-10(19)9-12(11)20/h6-7,9,16H,2-5,8H2,1H3,(H,21,22,23). The highest BCUT2D eigenvalue weighted by Gasteiger charge is 2.37. The molecule has 2 aromatic rings. The van der Waals surface area contributed by atoms with E-state index < -0.39 is 0 Å². The Kier molecular flexibility index (Phi) is 4.99. The first-order valence-electron chi connectivity index (χ1n) is 8.66. The van der Waals surface area contributed by atoms with Crippen LogP contribution in [-0.4, -0.2) is 26.3 Å². The number of anilines is 1. The van der Waals surface area contributed by atoms with Gasteiger partial charge in [0.2, 0.25) is 11.1 Å². The van der Waals surface area contributed by atoms with Crippen LogP contribution < -0.4 is 5.32 Å². The topological polar surface area (TPSA) is 59.8 Å². The van der Waals surface area contributed by atoms with Crippen molar-refractivity contribution in [1.82, 2.24) is 14.8 Å². The van der Waals surface area contributed by atoms with Crippen LogP contribution in [0.25, 0.3) is 0 Å². The van der Waals surface area contributed by atoms with E-state index in [4.69, 9.17) is 23.2 Å². The molecule has 0 saturated carbocycles. The number of fused-ring (bicyclic) bond motifs is 1. The third kappa shape index (κ3) is 3.15. The number of nitrogens with zero attached hydrogens (tertiary/aromatic N) is 3. The van der Waals surface area contributed by atoms with Crippen molar-refractivity contribution in [1.29, 1.82) is 0 Å². The van der Waals surface area contributed by atoms with Gasteiger partial charge in [0.25, 0.3) is 0 Å². The molecule has 26 heavy (non-hydrogen) atoms. The quantitative estimate of drug-likeness (QED) is 0.712. The van der Waals surface area contributed by atoms with E-state index in [2.05, 4.69) is 22.3 Å². The lowest BCUT2D eigenvalue weighted by atomic mass is 9.85. The predicted molar refractivity (Wildman–Crippen MR) is 105 cm³/mol. The highest BCUT2D eigenvalue weighted by Crippen LogP contribution is 2.42. The Bertz CT molecular complexity index is 909. The van der Waals surface area contributed by atoms with Gasteiger partial charge in [0.1, 0.15) is 6.04 Å². The molecule has 136 valence electrons. The molecule has 2 aliphatic rings. The summed E-state index contributed by atoms with van der Waals surface area (Å²) in [7, 11) is 0. The summed E-state index contributed by atoms with van der Waals surface area (Å²) in [4.78, 5) is 17.4. The van der Waals surface area contributed by atoms with Gasteiger partial charge in [-0.2, -0.15) is 4.98 Å². The second-order valence-corrected chi connectivity index (χ2v) is 8.28. The second kappa shape index (κ2) is 7.25. The molecule has 5 nitrogen and oxygen atoms in total. The van der Waals surface area contributed by atoms with E-state index in [9.17, 15) is 4.79 Å². The van der Waals surface area contributed by atoms with Crippen LogP contribution in [0.3, 0.4) is 0 Å². The van der Waals surface area contributed by atoms with Gasteiger partial charge < -0.3 is 5.32 Å². The number of benzene rings is 1. The van der Waals surface area contributed by atoms with E-state index in [1.165, 1.54) is 0 Å². The molecule has 0 amide bonds. The van der Waals surface area contributed by atoms with Gasteiger partial charge in [0.15, 0.2) is 5.78 Å². The third-order valence-corrected chi connectivity index (χ3v) is 6.15. The first-order valence-corrected chi connectivity index (χ1v) is 10.4. The smallest absolute Gasteiger partial charge is 0.227 e. The number of thioether (sulfide) groups is 1. The molecule has 0 saturated heterocycles. The fourth-order valence-corrected chi connectivity index (χ4v) is 4.60. The molecule has 1 aliphatic heterocycles. The first kappa shape index (κ1) is 17.9. The molecule has 0 spiro atoms. The molecule has 1 atom stereocenters. The Morgan fingerprint density at radius 1 is 1.35 bits per heavy atom. The van der Waals surface area contributed by atoms with Crippen molar-refractivity contribution in [3.8, 4) is 0 Å². The van der Waals surface area contributed by atoms with Crippen molar-refractivity contribution in [3.05, 3.63) is 45.1 Å². The van der Waals surface area contributed by atoms with E-state index in [-0.39, 0.29) is 11.8 Å². The Hall–Kier alpha value is -1.50. The molecular formula is C18H18Cl2N4OS. The van der Waals surface area contributed by atoms with Crippen molar-refractivity contribution in [2.75, 3.05) is 11.1 Å². The second-order valence-electron chi connectivity index (χ2n) is 6.37. The van der Waals surface area contributed by atoms with Gasteiger partial charge in [-0.3, -0.25) is 4.79 Å². The number of ketones is 1. The van der Waals surface area contributed by atoms with Gasteiger partial charge in [-0.1, -0.05) is 48.0 Å². The minimum Gasteiger partial charge on any atom is -0.328 e. The molecule has 1 aromatic carbocycles. The Morgan fingerprint density at radius 2 is 2.19 bits per heavy atom. The largest absolute Gasteiger partial charge is 0.328 e. The van der Waals surface area contributed by atoms with Crippen LogP contribution in [0.2, 0.25) is 10.0 Å². The molecule has 1 aromatic heterocycles. The number of halogens is 2. The average molecular weight is 409 g/mol. The van der Waals surface area contributed by atoms with E-state index >= 15 is 0 Å². The fourth-order valence-electron chi connectivity index (χ4n) is 3.40. The maximum Gasteiger partial charge on any atom is 0.227 e. The maximum absolute atomic E-state index is 12.7. The van der Waals surface area contributed by atoms with E-state index in [1.807, 2.05) is 6.07 Å². The van der Waals surface area contributed by atoms with Crippen LogP contribution in [0.1, 0.15) is 44.2 Å². The third-order valence-electron chi connectivity index (χ3n) is 4.54. The maximum atomic E-state index is 12.7. The summed E-state index contributed by atoms with van der Waals surface area (Å²) in [6.45, 7) is 2.12. The van der Waals surface area contributed by atoms with Crippen molar-refractivity contribution >= 4 is 46.7 Å². The molecule has 8 heteroatoms. The Labute approximate surface area is 166 Å². The van der Waals surface area contributed by atoms with Gasteiger partial charge in [-0.05, 0) is 31.4 Å². The fraction of sp³-hybridized carbons (Fsp3) is 0.389. The van der Waals surface area contributed by atoms with E-state index in [0.717, 1.165) is 41.8 Å². The van der Waals surface area contributed by atoms with Crippen LogP contribution in [0.15, 0.2) is 34.6 Å². The van der Waals surface area contributed by atoms with Crippen molar-refractivity contribution in [3.63, 3.8) is 0 Å². The number of rotatable bonds is 4. The molecule has 4 rings (SSSR count). The normalized spacial score (nSPS) is 19.2. The number of carbonyl (C=O) groups is 1. The van der Waals surface area contributed by atoms with E-state index in [1.54, 1.807) is 28.6 Å². The summed E-state index contributed by atoms with van der Waals surface area (Å²) in [5, 5.41) is 9.78. The molecule has 2 heterocycles. The van der Waals surface area contributed by atoms with E-state index in [0.29, 0.717) is 27.6 Å². The minimum absolute atomic E-state index is 0.138. The number of carbonyl (C=O) groups excluding carboxylic acids is 1. The lowest BCUT2D eigenvalue weighted by Gasteiger charge is -2.32. The molecule has 0 fully saturated rings. The van der Waals surface area contributed by atoms with Crippen LogP contribution in [0.4, 0.5) is 5.95 Å². The summed E-state index contributed by atoms with van der Waals surface area (Å²) >= 11 is 14.2. The first-order chi connectivity index (χ1) is 12.6.